The number of amides is 2. The quantitative estimate of drug-likeness (QED) is 0.802. The van der Waals surface area contributed by atoms with Crippen molar-refractivity contribution in [2.24, 2.45) is 0 Å². The molecular formula is C14H11NO5. The molecule has 0 unspecified atom stereocenters. The first-order valence-corrected chi connectivity index (χ1v) is 5.75. The maximum absolute atomic E-state index is 11.7. The van der Waals surface area contributed by atoms with Crippen LogP contribution in [0.2, 0.25) is 0 Å². The second kappa shape index (κ2) is 5.40. The van der Waals surface area contributed by atoms with Crippen LogP contribution in [0.4, 0.5) is 0 Å². The van der Waals surface area contributed by atoms with Gasteiger partial charge in [-0.25, -0.2) is 4.79 Å². The maximum Gasteiger partial charge on any atom is 0.339 e. The third-order valence-electron chi connectivity index (χ3n) is 2.75. The number of rotatable bonds is 3. The van der Waals surface area contributed by atoms with Crippen LogP contribution in [0.5, 0.6) is 5.75 Å². The van der Waals surface area contributed by atoms with Crippen LogP contribution in [0, 0.1) is 0 Å². The van der Waals surface area contributed by atoms with Crippen molar-refractivity contribution >= 4 is 23.9 Å². The normalized spacial score (nSPS) is 14.2. The van der Waals surface area contributed by atoms with Crippen molar-refractivity contribution in [3.63, 3.8) is 0 Å². The number of carbonyl (C=O) groups is 3. The fraction of sp³-hybridized carbons (Fsp3) is 0.0714. The number of aromatic hydroxyl groups is 1. The fourth-order valence-corrected chi connectivity index (χ4v) is 1.72. The number of imide groups is 1. The highest BCUT2D eigenvalue weighted by molar-refractivity contribution is 6.08. The number of aromatic carboxylic acids is 1. The lowest BCUT2D eigenvalue weighted by atomic mass is 10.1. The van der Waals surface area contributed by atoms with E-state index in [0.29, 0.717) is 5.56 Å². The molecule has 0 fully saturated rings. The Bertz CT molecular complexity index is 645. The van der Waals surface area contributed by atoms with Gasteiger partial charge in [0.25, 0.3) is 11.8 Å². The van der Waals surface area contributed by atoms with E-state index in [9.17, 15) is 19.5 Å². The molecule has 1 heterocycles. The van der Waals surface area contributed by atoms with E-state index in [2.05, 4.69) is 0 Å². The zero-order valence-electron chi connectivity index (χ0n) is 10.3. The largest absolute Gasteiger partial charge is 0.507 e. The van der Waals surface area contributed by atoms with E-state index in [-0.39, 0.29) is 23.8 Å². The minimum Gasteiger partial charge on any atom is -0.507 e. The molecule has 2 amide bonds. The summed E-state index contributed by atoms with van der Waals surface area (Å²) in [6.07, 6.45) is 5.47. The van der Waals surface area contributed by atoms with Crippen molar-refractivity contribution in [3.05, 3.63) is 47.6 Å². The van der Waals surface area contributed by atoms with Crippen molar-refractivity contribution in [3.8, 4) is 5.75 Å². The summed E-state index contributed by atoms with van der Waals surface area (Å²) < 4.78 is 0. The highest BCUT2D eigenvalue weighted by Crippen LogP contribution is 2.19. The van der Waals surface area contributed by atoms with E-state index < -0.39 is 11.9 Å². The van der Waals surface area contributed by atoms with Crippen LogP contribution in [-0.4, -0.2) is 39.4 Å². The molecule has 0 radical (unpaired) electrons. The van der Waals surface area contributed by atoms with Gasteiger partial charge >= 0.3 is 5.97 Å². The zero-order chi connectivity index (χ0) is 14.7. The highest BCUT2D eigenvalue weighted by Gasteiger charge is 2.19. The minimum absolute atomic E-state index is 0.234. The molecule has 6 nitrogen and oxygen atoms in total. The molecule has 2 rings (SSSR count). The standard InChI is InChI=1S/C14H11NO5/c16-11-5-3-9(8-10(11)14(19)20)4-6-13(18)15-7-1-2-12(15)17/h1-6,8,16H,7H2,(H,19,20)/b6-4+. The predicted molar refractivity (Wildman–Crippen MR) is 70.0 cm³/mol. The summed E-state index contributed by atoms with van der Waals surface area (Å²) >= 11 is 0. The van der Waals surface area contributed by atoms with Gasteiger partial charge in [0.1, 0.15) is 11.3 Å². The van der Waals surface area contributed by atoms with E-state index in [1.165, 1.54) is 36.4 Å². The minimum atomic E-state index is -1.26. The summed E-state index contributed by atoms with van der Waals surface area (Å²) in [5.74, 6) is -2.47. The summed E-state index contributed by atoms with van der Waals surface area (Å²) in [5.41, 5.74) is 0.187. The van der Waals surface area contributed by atoms with E-state index >= 15 is 0 Å². The molecule has 0 saturated carbocycles. The molecule has 0 spiro atoms. The van der Waals surface area contributed by atoms with Crippen LogP contribution in [0.15, 0.2) is 36.4 Å². The number of nitrogens with zero attached hydrogens (tertiary/aromatic N) is 1. The van der Waals surface area contributed by atoms with E-state index in [0.717, 1.165) is 4.90 Å². The molecule has 20 heavy (non-hydrogen) atoms. The molecule has 102 valence electrons. The Kier molecular flexibility index (Phi) is 3.65. The summed E-state index contributed by atoms with van der Waals surface area (Å²) in [6, 6.07) is 3.94. The average Bonchev–Trinajstić information content (AvgIpc) is 2.83. The fourth-order valence-electron chi connectivity index (χ4n) is 1.72. The molecule has 0 aromatic heterocycles. The predicted octanol–water partition coefficient (Wildman–Crippen LogP) is 1.03. The monoisotopic (exact) mass is 273 g/mol. The second-order valence-electron chi connectivity index (χ2n) is 4.10. The van der Waals surface area contributed by atoms with Gasteiger partial charge < -0.3 is 10.2 Å². The Morgan fingerprint density at radius 3 is 2.65 bits per heavy atom. The molecule has 0 aliphatic carbocycles. The molecule has 1 aliphatic rings. The van der Waals surface area contributed by atoms with Crippen LogP contribution in [0.25, 0.3) is 6.08 Å². The van der Waals surface area contributed by atoms with Crippen molar-refractivity contribution in [1.82, 2.24) is 4.90 Å². The van der Waals surface area contributed by atoms with E-state index in [1.54, 1.807) is 6.08 Å². The van der Waals surface area contributed by atoms with Crippen LogP contribution in [0.3, 0.4) is 0 Å². The number of carbonyl (C=O) groups excluding carboxylic acids is 2. The maximum atomic E-state index is 11.7. The summed E-state index contributed by atoms with van der Waals surface area (Å²) in [6.45, 7) is 0.234. The Morgan fingerprint density at radius 1 is 1.30 bits per heavy atom. The van der Waals surface area contributed by atoms with Gasteiger partial charge in [0.2, 0.25) is 0 Å². The molecule has 0 saturated heterocycles. The van der Waals surface area contributed by atoms with Crippen molar-refractivity contribution in [1.29, 1.82) is 0 Å². The first-order chi connectivity index (χ1) is 9.49. The molecule has 0 atom stereocenters. The molecule has 0 bridgehead atoms. The van der Waals surface area contributed by atoms with Gasteiger partial charge in [-0.05, 0) is 23.8 Å². The number of benzene rings is 1. The third kappa shape index (κ3) is 2.74. The number of hydrogen-bond donors (Lipinski definition) is 2. The lowest BCUT2D eigenvalue weighted by molar-refractivity contribution is -0.137. The van der Waals surface area contributed by atoms with E-state index in [4.69, 9.17) is 5.11 Å². The number of carboxylic acid groups (broad SMARTS) is 1. The van der Waals surface area contributed by atoms with Gasteiger partial charge in [-0.2, -0.15) is 0 Å². The van der Waals surface area contributed by atoms with Crippen molar-refractivity contribution in [2.75, 3.05) is 6.54 Å². The SMILES string of the molecule is O=C(O)c1cc(/C=C/C(=O)N2CC=CC2=O)ccc1O. The Balaban J connectivity index is 2.15. The van der Waals surface area contributed by atoms with Crippen LogP contribution in [-0.2, 0) is 9.59 Å². The number of carboxylic acids is 1. The Labute approximate surface area is 114 Å². The molecule has 1 aromatic carbocycles. The highest BCUT2D eigenvalue weighted by atomic mass is 16.4. The summed E-state index contributed by atoms with van der Waals surface area (Å²) in [4.78, 5) is 34.9. The molecule has 1 aliphatic heterocycles. The smallest absolute Gasteiger partial charge is 0.339 e. The van der Waals surface area contributed by atoms with Gasteiger partial charge in [-0.3, -0.25) is 14.5 Å². The molecule has 6 heteroatoms. The Hall–Kier alpha value is -2.89. The molecular weight excluding hydrogens is 262 g/mol. The second-order valence-corrected chi connectivity index (χ2v) is 4.10. The van der Waals surface area contributed by atoms with Crippen LogP contribution >= 0.6 is 0 Å². The summed E-state index contributed by atoms with van der Waals surface area (Å²) in [5, 5.41) is 18.2. The van der Waals surface area contributed by atoms with Crippen molar-refractivity contribution in [2.45, 2.75) is 0 Å². The Morgan fingerprint density at radius 2 is 2.05 bits per heavy atom. The third-order valence-corrected chi connectivity index (χ3v) is 2.75. The van der Waals surface area contributed by atoms with Gasteiger partial charge in [-0.1, -0.05) is 12.1 Å². The van der Waals surface area contributed by atoms with Gasteiger partial charge in [0.05, 0.1) is 0 Å². The van der Waals surface area contributed by atoms with Gasteiger partial charge in [0, 0.05) is 18.7 Å². The topological polar surface area (TPSA) is 94.9 Å². The lowest BCUT2D eigenvalue weighted by Crippen LogP contribution is -2.30. The summed E-state index contributed by atoms with van der Waals surface area (Å²) in [7, 11) is 0. The number of hydrogen-bond acceptors (Lipinski definition) is 4. The van der Waals surface area contributed by atoms with Crippen molar-refractivity contribution < 1.29 is 24.6 Å². The van der Waals surface area contributed by atoms with Crippen LogP contribution in [0.1, 0.15) is 15.9 Å². The van der Waals surface area contributed by atoms with Crippen LogP contribution < -0.4 is 0 Å². The lowest BCUT2D eigenvalue weighted by Gasteiger charge is -2.09. The average molecular weight is 273 g/mol. The van der Waals surface area contributed by atoms with Gasteiger partial charge in [-0.15, -0.1) is 0 Å². The zero-order valence-corrected chi connectivity index (χ0v) is 10.3. The van der Waals surface area contributed by atoms with E-state index in [1.807, 2.05) is 0 Å². The first kappa shape index (κ1) is 13.5. The first-order valence-electron chi connectivity index (χ1n) is 5.75. The molecule has 1 aromatic rings. The van der Waals surface area contributed by atoms with Gasteiger partial charge in [0.15, 0.2) is 0 Å². The molecule has 2 N–H and O–H groups in total. The number of phenols is 1.